The van der Waals surface area contributed by atoms with Crippen molar-refractivity contribution in [3.05, 3.63) is 29.3 Å². The van der Waals surface area contributed by atoms with Crippen molar-refractivity contribution >= 4 is 29.1 Å². The smallest absolute Gasteiger partial charge is 0.238 e. The molecular formula is C19H25ClN4O2. The van der Waals surface area contributed by atoms with E-state index in [9.17, 15) is 14.9 Å². The average Bonchev–Trinajstić information content (AvgIpc) is 2.63. The van der Waals surface area contributed by atoms with E-state index in [-0.39, 0.29) is 18.4 Å². The van der Waals surface area contributed by atoms with Gasteiger partial charge in [0.25, 0.3) is 0 Å². The van der Waals surface area contributed by atoms with Crippen LogP contribution in [0.3, 0.4) is 0 Å². The number of hydrogen-bond acceptors (Lipinski definition) is 4. The predicted molar refractivity (Wildman–Crippen MR) is 102 cm³/mol. The Morgan fingerprint density at radius 3 is 2.58 bits per heavy atom. The third-order valence-corrected chi connectivity index (χ3v) is 5.19. The van der Waals surface area contributed by atoms with Gasteiger partial charge >= 0.3 is 0 Å². The zero-order valence-corrected chi connectivity index (χ0v) is 16.0. The van der Waals surface area contributed by atoms with Gasteiger partial charge < -0.3 is 10.6 Å². The number of hydrogen-bond donors (Lipinski definition) is 2. The van der Waals surface area contributed by atoms with Crippen molar-refractivity contribution in [3.63, 3.8) is 0 Å². The fourth-order valence-corrected chi connectivity index (χ4v) is 3.26. The molecule has 0 heterocycles. The van der Waals surface area contributed by atoms with E-state index in [1.807, 2.05) is 0 Å². The summed E-state index contributed by atoms with van der Waals surface area (Å²) in [6.45, 7) is 1.77. The van der Waals surface area contributed by atoms with Gasteiger partial charge in [-0.05, 0) is 38.9 Å². The molecular weight excluding hydrogens is 352 g/mol. The lowest BCUT2D eigenvalue weighted by atomic mass is 9.82. The number of para-hydroxylation sites is 1. The van der Waals surface area contributed by atoms with Gasteiger partial charge in [0.05, 0.1) is 29.4 Å². The Morgan fingerprint density at radius 2 is 1.96 bits per heavy atom. The number of carbonyl (C=O) groups is 2. The van der Waals surface area contributed by atoms with Gasteiger partial charge in [-0.1, -0.05) is 43.0 Å². The van der Waals surface area contributed by atoms with Crippen LogP contribution in [0.25, 0.3) is 0 Å². The number of carbonyl (C=O) groups excluding carboxylic acids is 2. The molecule has 6 nitrogen and oxygen atoms in total. The van der Waals surface area contributed by atoms with E-state index in [1.54, 1.807) is 43.1 Å². The fraction of sp³-hybridized carbons (Fsp3) is 0.526. The van der Waals surface area contributed by atoms with Crippen molar-refractivity contribution in [3.8, 4) is 6.07 Å². The second kappa shape index (κ2) is 9.02. The number of halogens is 1. The highest BCUT2D eigenvalue weighted by molar-refractivity contribution is 6.33. The van der Waals surface area contributed by atoms with Crippen LogP contribution in [0, 0.1) is 11.3 Å². The van der Waals surface area contributed by atoms with Crippen LogP contribution in [0.15, 0.2) is 24.3 Å². The van der Waals surface area contributed by atoms with Gasteiger partial charge in [-0.3, -0.25) is 14.5 Å². The molecule has 1 fully saturated rings. The minimum Gasteiger partial charge on any atom is -0.336 e. The van der Waals surface area contributed by atoms with Crippen LogP contribution in [-0.2, 0) is 9.59 Å². The standard InChI is InChI=1S/C19H25ClN4O2/c1-14(18(26)23-19(13-21)10-6-3-7-11-19)24(2)12-17(25)22-16-9-5-4-8-15(16)20/h4-5,8-9,14H,3,6-7,10-12H2,1-2H3,(H,22,25)(H,23,26). The normalized spacial score (nSPS) is 17.2. The van der Waals surface area contributed by atoms with Crippen LogP contribution in [0.1, 0.15) is 39.0 Å². The first-order valence-electron chi connectivity index (χ1n) is 8.85. The van der Waals surface area contributed by atoms with Gasteiger partial charge in [-0.15, -0.1) is 0 Å². The van der Waals surface area contributed by atoms with Crippen LogP contribution >= 0.6 is 11.6 Å². The van der Waals surface area contributed by atoms with E-state index in [4.69, 9.17) is 11.6 Å². The summed E-state index contributed by atoms with van der Waals surface area (Å²) in [5.41, 5.74) is -0.236. The Balaban J connectivity index is 1.90. The largest absolute Gasteiger partial charge is 0.336 e. The molecule has 1 unspecified atom stereocenters. The van der Waals surface area contributed by atoms with Crippen LogP contribution in [0.2, 0.25) is 5.02 Å². The molecule has 1 saturated carbocycles. The van der Waals surface area contributed by atoms with Crippen LogP contribution in [0.4, 0.5) is 5.69 Å². The highest BCUT2D eigenvalue weighted by Gasteiger charge is 2.35. The number of likely N-dealkylation sites (N-methyl/N-ethyl adjacent to an activating group) is 1. The number of nitrogens with zero attached hydrogens (tertiary/aromatic N) is 2. The molecule has 1 aromatic rings. The zero-order chi connectivity index (χ0) is 19.2. The van der Waals surface area contributed by atoms with E-state index in [2.05, 4.69) is 16.7 Å². The lowest BCUT2D eigenvalue weighted by Crippen LogP contribution is -2.55. The van der Waals surface area contributed by atoms with Gasteiger partial charge in [0.1, 0.15) is 5.54 Å². The third kappa shape index (κ3) is 5.20. The minimum absolute atomic E-state index is 0.0410. The van der Waals surface area contributed by atoms with E-state index >= 15 is 0 Å². The average molecular weight is 377 g/mol. The van der Waals surface area contributed by atoms with Crippen molar-refractivity contribution in [1.82, 2.24) is 10.2 Å². The molecule has 26 heavy (non-hydrogen) atoms. The molecule has 2 rings (SSSR count). The number of nitriles is 1. The molecule has 0 spiro atoms. The molecule has 0 saturated heterocycles. The zero-order valence-electron chi connectivity index (χ0n) is 15.2. The Morgan fingerprint density at radius 1 is 1.31 bits per heavy atom. The summed E-state index contributed by atoms with van der Waals surface area (Å²) in [6.07, 6.45) is 4.34. The predicted octanol–water partition coefficient (Wildman–Crippen LogP) is 2.94. The quantitative estimate of drug-likeness (QED) is 0.799. The molecule has 140 valence electrons. The Labute approximate surface area is 159 Å². The van der Waals surface area contributed by atoms with E-state index in [0.29, 0.717) is 23.6 Å². The molecule has 7 heteroatoms. The summed E-state index contributed by atoms with van der Waals surface area (Å²) in [6, 6.07) is 8.73. The maximum absolute atomic E-state index is 12.6. The van der Waals surface area contributed by atoms with Gasteiger partial charge in [-0.25, -0.2) is 0 Å². The summed E-state index contributed by atoms with van der Waals surface area (Å²) in [4.78, 5) is 26.4. The molecule has 0 bridgehead atoms. The number of amides is 2. The van der Waals surface area contributed by atoms with Gasteiger partial charge in [0.2, 0.25) is 11.8 Å². The topological polar surface area (TPSA) is 85.2 Å². The second-order valence-electron chi connectivity index (χ2n) is 6.86. The molecule has 1 aliphatic rings. The van der Waals surface area contributed by atoms with Crippen molar-refractivity contribution in [2.24, 2.45) is 0 Å². The summed E-state index contributed by atoms with van der Waals surface area (Å²) in [7, 11) is 1.70. The van der Waals surface area contributed by atoms with Crippen LogP contribution < -0.4 is 10.6 Å². The van der Waals surface area contributed by atoms with Crippen molar-refractivity contribution < 1.29 is 9.59 Å². The van der Waals surface area contributed by atoms with Gasteiger partial charge in [-0.2, -0.15) is 5.26 Å². The second-order valence-corrected chi connectivity index (χ2v) is 7.27. The summed E-state index contributed by atoms with van der Waals surface area (Å²) in [5.74, 6) is -0.491. The molecule has 2 N–H and O–H groups in total. The fourth-order valence-electron chi connectivity index (χ4n) is 3.08. The Hall–Kier alpha value is -2.10. The molecule has 1 aromatic carbocycles. The number of benzene rings is 1. The van der Waals surface area contributed by atoms with E-state index < -0.39 is 11.6 Å². The first-order valence-corrected chi connectivity index (χ1v) is 9.22. The first-order chi connectivity index (χ1) is 12.4. The van der Waals surface area contributed by atoms with E-state index in [0.717, 1.165) is 19.3 Å². The summed E-state index contributed by atoms with van der Waals surface area (Å²) in [5, 5.41) is 15.6. The molecule has 0 aromatic heterocycles. The molecule has 2 amide bonds. The van der Waals surface area contributed by atoms with Crippen LogP contribution in [0.5, 0.6) is 0 Å². The highest BCUT2D eigenvalue weighted by Crippen LogP contribution is 2.27. The number of anilines is 1. The highest BCUT2D eigenvalue weighted by atomic mass is 35.5. The Bertz CT molecular complexity index is 695. The van der Waals surface area contributed by atoms with Crippen LogP contribution in [-0.4, -0.2) is 41.9 Å². The lowest BCUT2D eigenvalue weighted by molar-refractivity contribution is -0.128. The molecule has 0 aliphatic heterocycles. The Kier molecular flexibility index (Phi) is 7.01. The molecule has 1 aliphatic carbocycles. The van der Waals surface area contributed by atoms with Gasteiger partial charge in [0.15, 0.2) is 0 Å². The number of nitrogens with one attached hydrogen (secondary N) is 2. The van der Waals surface area contributed by atoms with Gasteiger partial charge in [0, 0.05) is 0 Å². The molecule has 0 radical (unpaired) electrons. The van der Waals surface area contributed by atoms with Crippen molar-refractivity contribution in [2.45, 2.75) is 50.6 Å². The van der Waals surface area contributed by atoms with Crippen molar-refractivity contribution in [2.75, 3.05) is 18.9 Å². The number of rotatable bonds is 6. The monoisotopic (exact) mass is 376 g/mol. The summed E-state index contributed by atoms with van der Waals surface area (Å²) < 4.78 is 0. The SMILES string of the molecule is CC(C(=O)NC1(C#N)CCCCC1)N(C)CC(=O)Nc1ccccc1Cl. The minimum atomic E-state index is -0.774. The van der Waals surface area contributed by atoms with Crippen molar-refractivity contribution in [1.29, 1.82) is 5.26 Å². The maximum atomic E-state index is 12.6. The summed E-state index contributed by atoms with van der Waals surface area (Å²) >= 11 is 6.03. The molecule has 1 atom stereocenters. The first kappa shape index (κ1) is 20.2. The third-order valence-electron chi connectivity index (χ3n) is 4.87. The van der Waals surface area contributed by atoms with E-state index in [1.165, 1.54) is 0 Å². The maximum Gasteiger partial charge on any atom is 0.238 e. The lowest BCUT2D eigenvalue weighted by Gasteiger charge is -2.34.